The maximum Gasteiger partial charge on any atom is 0.215 e. The zero-order chi connectivity index (χ0) is 19.3. The van der Waals surface area contributed by atoms with Gasteiger partial charge in [0.05, 0.1) is 10.6 Å². The van der Waals surface area contributed by atoms with E-state index in [1.807, 2.05) is 13.8 Å². The molecule has 0 saturated carbocycles. The Hall–Kier alpha value is -2.18. The third kappa shape index (κ3) is 4.71. The number of hydrogen-bond donors (Lipinski definition) is 1. The van der Waals surface area contributed by atoms with Crippen LogP contribution in [0.15, 0.2) is 30.7 Å². The van der Waals surface area contributed by atoms with Crippen molar-refractivity contribution in [1.29, 1.82) is 0 Å². The molecule has 1 heterocycles. The number of ketones is 2. The van der Waals surface area contributed by atoms with Crippen molar-refractivity contribution in [2.45, 2.75) is 45.7 Å². The van der Waals surface area contributed by atoms with Crippen molar-refractivity contribution in [3.63, 3.8) is 0 Å². The molecular weight excluding hydrogens is 357 g/mol. The smallest absolute Gasteiger partial charge is 0.215 e. The second-order valence-electron chi connectivity index (χ2n) is 6.18. The predicted octanol–water partition coefficient (Wildman–Crippen LogP) is 4.15. The van der Waals surface area contributed by atoms with Gasteiger partial charge in [0.2, 0.25) is 5.78 Å². The standard InChI is InChI=1S/C19H21ClFN3O2.H2/c1-4-15(24-11(2)9-12(3)25)13-5-6-14(20)17(18(13)21)19(26)16-7-8-22-10-23-16;/h5-8,10-11,15,24H,4,9H2,1-3H3;1H/t11-,15+;/m0./s1. The van der Waals surface area contributed by atoms with E-state index in [1.54, 1.807) is 6.07 Å². The van der Waals surface area contributed by atoms with E-state index in [0.717, 1.165) is 0 Å². The van der Waals surface area contributed by atoms with Crippen molar-refractivity contribution < 1.29 is 15.4 Å². The van der Waals surface area contributed by atoms with Crippen LogP contribution in [0.2, 0.25) is 5.02 Å². The molecule has 2 rings (SSSR count). The molecule has 1 N–H and O–H groups in total. The van der Waals surface area contributed by atoms with Crippen LogP contribution < -0.4 is 5.32 Å². The number of benzene rings is 1. The summed E-state index contributed by atoms with van der Waals surface area (Å²) in [6, 6.07) is 4.02. The summed E-state index contributed by atoms with van der Waals surface area (Å²) >= 11 is 6.10. The molecular formula is C19H23ClFN3O2. The number of aromatic nitrogens is 2. The van der Waals surface area contributed by atoms with Crippen LogP contribution >= 0.6 is 11.6 Å². The number of carbonyl (C=O) groups is 2. The Morgan fingerprint density at radius 1 is 1.35 bits per heavy atom. The Morgan fingerprint density at radius 3 is 2.65 bits per heavy atom. The first-order valence-corrected chi connectivity index (χ1v) is 8.77. The van der Waals surface area contributed by atoms with Gasteiger partial charge in [-0.1, -0.05) is 24.6 Å². The summed E-state index contributed by atoms with van der Waals surface area (Å²) in [4.78, 5) is 31.6. The molecule has 1 aromatic heterocycles. The lowest BCUT2D eigenvalue weighted by Crippen LogP contribution is -2.32. The number of hydrogen-bond acceptors (Lipinski definition) is 5. The third-order valence-corrected chi connectivity index (χ3v) is 4.34. The number of rotatable bonds is 8. The number of halogens is 2. The maximum absolute atomic E-state index is 15.2. The van der Waals surface area contributed by atoms with E-state index < -0.39 is 11.6 Å². The van der Waals surface area contributed by atoms with Crippen LogP contribution in [0.1, 0.15) is 62.7 Å². The Balaban J connectivity index is 0.00000364. The predicted molar refractivity (Wildman–Crippen MR) is 99.9 cm³/mol. The van der Waals surface area contributed by atoms with Crippen LogP contribution in [-0.2, 0) is 4.79 Å². The van der Waals surface area contributed by atoms with Gasteiger partial charge < -0.3 is 5.32 Å². The summed E-state index contributed by atoms with van der Waals surface area (Å²) in [6.07, 6.45) is 3.57. The average Bonchev–Trinajstić information content (AvgIpc) is 2.60. The summed E-state index contributed by atoms with van der Waals surface area (Å²) in [5, 5.41) is 3.27. The molecule has 0 saturated heterocycles. The second-order valence-corrected chi connectivity index (χ2v) is 6.59. The van der Waals surface area contributed by atoms with Gasteiger partial charge >= 0.3 is 0 Å². The average molecular weight is 380 g/mol. The number of nitrogens with one attached hydrogen (secondary N) is 1. The monoisotopic (exact) mass is 379 g/mol. The van der Waals surface area contributed by atoms with Gasteiger partial charge in [0, 0.05) is 31.7 Å². The van der Waals surface area contributed by atoms with Crippen molar-refractivity contribution >= 4 is 23.2 Å². The highest BCUT2D eigenvalue weighted by atomic mass is 35.5. The van der Waals surface area contributed by atoms with Crippen LogP contribution in [0, 0.1) is 5.82 Å². The Labute approximate surface area is 158 Å². The van der Waals surface area contributed by atoms with E-state index in [1.165, 1.54) is 31.6 Å². The molecule has 0 aliphatic rings. The van der Waals surface area contributed by atoms with Crippen molar-refractivity contribution in [1.82, 2.24) is 15.3 Å². The summed E-state index contributed by atoms with van der Waals surface area (Å²) in [6.45, 7) is 5.28. The molecule has 0 unspecified atom stereocenters. The van der Waals surface area contributed by atoms with Gasteiger partial charge in [-0.3, -0.25) is 9.59 Å². The molecule has 2 aromatic rings. The molecule has 1 aromatic carbocycles. The topological polar surface area (TPSA) is 72.0 Å². The van der Waals surface area contributed by atoms with Gasteiger partial charge in [-0.25, -0.2) is 14.4 Å². The van der Waals surface area contributed by atoms with Gasteiger partial charge in [-0.15, -0.1) is 0 Å². The van der Waals surface area contributed by atoms with E-state index >= 15 is 4.39 Å². The quantitative estimate of drug-likeness (QED) is 0.697. The van der Waals surface area contributed by atoms with E-state index in [4.69, 9.17) is 11.6 Å². The van der Waals surface area contributed by atoms with Crippen LogP contribution in [0.5, 0.6) is 0 Å². The molecule has 5 nitrogen and oxygen atoms in total. The van der Waals surface area contributed by atoms with E-state index in [2.05, 4.69) is 15.3 Å². The highest BCUT2D eigenvalue weighted by Crippen LogP contribution is 2.29. The molecule has 0 aliphatic carbocycles. The summed E-state index contributed by atoms with van der Waals surface area (Å²) in [5.41, 5.74) is 0.205. The van der Waals surface area contributed by atoms with Crippen LogP contribution in [-0.4, -0.2) is 27.6 Å². The minimum Gasteiger partial charge on any atom is -0.307 e. The normalized spacial score (nSPS) is 13.3. The van der Waals surface area contributed by atoms with E-state index in [0.29, 0.717) is 18.4 Å². The van der Waals surface area contributed by atoms with Crippen LogP contribution in [0.25, 0.3) is 0 Å². The van der Waals surface area contributed by atoms with E-state index in [9.17, 15) is 9.59 Å². The zero-order valence-corrected chi connectivity index (χ0v) is 15.7. The molecule has 0 bridgehead atoms. The SMILES string of the molecule is CC[C@@H](N[C@@H](C)CC(C)=O)c1ccc(Cl)c(C(=O)c2ccncn2)c1F.[HH]. The van der Waals surface area contributed by atoms with Crippen LogP contribution in [0.3, 0.4) is 0 Å². The Morgan fingerprint density at radius 2 is 2.08 bits per heavy atom. The van der Waals surface area contributed by atoms with Gasteiger partial charge in [-0.2, -0.15) is 0 Å². The summed E-state index contributed by atoms with van der Waals surface area (Å²) in [5.74, 6) is -1.21. The molecule has 140 valence electrons. The second kappa shape index (κ2) is 8.96. The van der Waals surface area contributed by atoms with E-state index in [-0.39, 0.29) is 35.6 Å². The van der Waals surface area contributed by atoms with Crippen molar-refractivity contribution in [2.75, 3.05) is 0 Å². The molecule has 0 radical (unpaired) electrons. The first kappa shape index (κ1) is 20.1. The molecule has 0 amide bonds. The zero-order valence-electron chi connectivity index (χ0n) is 14.9. The lowest BCUT2D eigenvalue weighted by molar-refractivity contribution is -0.117. The molecule has 26 heavy (non-hydrogen) atoms. The van der Waals surface area contributed by atoms with Gasteiger partial charge in [-0.05, 0) is 32.4 Å². The summed E-state index contributed by atoms with van der Waals surface area (Å²) < 4.78 is 15.2. The van der Waals surface area contributed by atoms with Crippen molar-refractivity contribution in [3.8, 4) is 0 Å². The fourth-order valence-corrected chi connectivity index (χ4v) is 3.09. The first-order valence-electron chi connectivity index (χ1n) is 8.39. The lowest BCUT2D eigenvalue weighted by atomic mass is 9.97. The number of Topliss-reactive ketones (excluding diaryl/α,β-unsaturated/α-hetero) is 1. The minimum absolute atomic E-state index is 0. The lowest BCUT2D eigenvalue weighted by Gasteiger charge is -2.23. The fourth-order valence-electron chi connectivity index (χ4n) is 2.86. The maximum atomic E-state index is 15.2. The molecule has 0 aliphatic heterocycles. The molecule has 7 heteroatoms. The largest absolute Gasteiger partial charge is 0.307 e. The van der Waals surface area contributed by atoms with Crippen molar-refractivity contribution in [2.24, 2.45) is 0 Å². The third-order valence-electron chi connectivity index (χ3n) is 4.03. The van der Waals surface area contributed by atoms with Gasteiger partial charge in [0.1, 0.15) is 23.6 Å². The number of carbonyl (C=O) groups excluding carboxylic acids is 2. The van der Waals surface area contributed by atoms with Crippen LogP contribution in [0.4, 0.5) is 4.39 Å². The van der Waals surface area contributed by atoms with Gasteiger partial charge in [0.15, 0.2) is 0 Å². The molecule has 0 spiro atoms. The fraction of sp³-hybridized carbons (Fsp3) is 0.368. The molecule has 2 atom stereocenters. The number of nitrogens with zero attached hydrogens (tertiary/aromatic N) is 2. The highest BCUT2D eigenvalue weighted by Gasteiger charge is 2.25. The van der Waals surface area contributed by atoms with Crippen molar-refractivity contribution in [3.05, 3.63) is 58.4 Å². The Kier molecular flexibility index (Phi) is 6.94. The van der Waals surface area contributed by atoms with Gasteiger partial charge in [0.25, 0.3) is 0 Å². The highest BCUT2D eigenvalue weighted by molar-refractivity contribution is 6.35. The molecule has 0 fully saturated rings. The minimum atomic E-state index is -0.671. The first-order chi connectivity index (χ1) is 12.3. The summed E-state index contributed by atoms with van der Waals surface area (Å²) in [7, 11) is 0. The Bertz CT molecular complexity index is 805.